The summed E-state index contributed by atoms with van der Waals surface area (Å²) in [7, 11) is 0. The number of nitrogens with zero attached hydrogens (tertiary/aromatic N) is 4. The van der Waals surface area contributed by atoms with Gasteiger partial charge in [0.15, 0.2) is 0 Å². The number of carboxylic acid groups (broad SMARTS) is 1. The Labute approximate surface area is 173 Å². The van der Waals surface area contributed by atoms with Gasteiger partial charge in [-0.15, -0.1) is 11.3 Å². The summed E-state index contributed by atoms with van der Waals surface area (Å²) in [6.45, 7) is 1.84. The van der Waals surface area contributed by atoms with Crippen LogP contribution in [-0.4, -0.2) is 32.1 Å². The second-order valence-corrected chi connectivity index (χ2v) is 7.43. The third-order valence-corrected chi connectivity index (χ3v) is 5.66. The number of anilines is 3. The maximum atomic E-state index is 12.8. The maximum Gasteiger partial charge on any atom is 0.348 e. The largest absolute Gasteiger partial charge is 0.477 e. The average Bonchev–Trinajstić information content (AvgIpc) is 3.11. The number of aromatic carboxylic acids is 1. The Morgan fingerprint density at radius 2 is 2.03 bits per heavy atom. The number of rotatable bonds is 4. The van der Waals surface area contributed by atoms with Crippen molar-refractivity contribution in [3.63, 3.8) is 0 Å². The van der Waals surface area contributed by atoms with Crippen molar-refractivity contribution in [3.8, 4) is 11.5 Å². The van der Waals surface area contributed by atoms with E-state index in [0.29, 0.717) is 33.2 Å². The Balaban J connectivity index is 1.53. The van der Waals surface area contributed by atoms with Crippen LogP contribution < -0.4 is 15.0 Å². The van der Waals surface area contributed by atoms with Crippen LogP contribution in [-0.2, 0) is 0 Å². The van der Waals surface area contributed by atoms with Gasteiger partial charge in [-0.25, -0.2) is 24.5 Å². The molecule has 1 aliphatic rings. The van der Waals surface area contributed by atoms with Crippen LogP contribution >= 0.6 is 11.3 Å². The van der Waals surface area contributed by atoms with Gasteiger partial charge >= 0.3 is 12.0 Å². The highest BCUT2D eigenvalue weighted by atomic mass is 32.1. The van der Waals surface area contributed by atoms with Gasteiger partial charge in [-0.2, -0.15) is 0 Å². The van der Waals surface area contributed by atoms with Crippen LogP contribution in [0.5, 0.6) is 11.5 Å². The first-order valence-electron chi connectivity index (χ1n) is 8.84. The van der Waals surface area contributed by atoms with Crippen molar-refractivity contribution in [2.24, 2.45) is 0 Å². The summed E-state index contributed by atoms with van der Waals surface area (Å²) in [6, 6.07) is 8.10. The fraction of sp³-hybridized carbons (Fsp3) is 0.0500. The zero-order valence-corrected chi connectivity index (χ0v) is 16.3. The number of thiophene rings is 1. The molecule has 10 heteroatoms. The Hall–Kier alpha value is -4.05. The number of aromatic nitrogens is 3. The summed E-state index contributed by atoms with van der Waals surface area (Å²) in [5.74, 6) is 0.362. The number of urea groups is 1. The number of hydrogen-bond donors (Lipinski definition) is 2. The van der Waals surface area contributed by atoms with E-state index >= 15 is 0 Å². The van der Waals surface area contributed by atoms with Crippen LogP contribution in [0.4, 0.5) is 22.0 Å². The zero-order chi connectivity index (χ0) is 20.8. The zero-order valence-electron chi connectivity index (χ0n) is 15.5. The standard InChI is InChI=1S/C20H13N5O4S/c1-10-13(3-2-7-21-10)29-11-4-5-14(23-9-11)25-12-6-8-22-18-15(12)16(24-20(25)28)17(30-18)19(26)27/h2-9H,1H3,(H,24,28)(H,26,27). The molecule has 0 radical (unpaired) electrons. The number of carbonyl (C=O) groups excluding carboxylic acids is 1. The molecule has 1 aliphatic heterocycles. The minimum atomic E-state index is -1.11. The first-order valence-corrected chi connectivity index (χ1v) is 9.66. The first-order chi connectivity index (χ1) is 14.5. The van der Waals surface area contributed by atoms with Gasteiger partial charge in [0.05, 0.1) is 28.7 Å². The fourth-order valence-electron chi connectivity index (χ4n) is 3.23. The number of nitrogens with one attached hydrogen (secondary N) is 1. The average molecular weight is 419 g/mol. The number of ether oxygens (including phenoxy) is 1. The highest BCUT2D eigenvalue weighted by Gasteiger charge is 2.33. The monoisotopic (exact) mass is 419 g/mol. The third-order valence-electron chi connectivity index (χ3n) is 4.58. The van der Waals surface area contributed by atoms with Crippen molar-refractivity contribution < 1.29 is 19.4 Å². The minimum absolute atomic E-state index is 0.0431. The second kappa shape index (κ2) is 6.78. The van der Waals surface area contributed by atoms with Crippen LogP contribution in [0.15, 0.2) is 48.9 Å². The number of pyridine rings is 3. The van der Waals surface area contributed by atoms with E-state index in [1.807, 2.05) is 6.92 Å². The molecule has 0 saturated heterocycles. The van der Waals surface area contributed by atoms with E-state index in [0.717, 1.165) is 17.0 Å². The lowest BCUT2D eigenvalue weighted by atomic mass is 10.1. The van der Waals surface area contributed by atoms with Crippen molar-refractivity contribution in [1.82, 2.24) is 15.0 Å². The van der Waals surface area contributed by atoms with Gasteiger partial charge in [0.25, 0.3) is 0 Å². The summed E-state index contributed by atoms with van der Waals surface area (Å²) in [5.41, 5.74) is 1.53. The molecule has 0 saturated carbocycles. The van der Waals surface area contributed by atoms with Crippen molar-refractivity contribution in [2.75, 3.05) is 10.2 Å². The van der Waals surface area contributed by atoms with Crippen molar-refractivity contribution in [1.29, 1.82) is 0 Å². The van der Waals surface area contributed by atoms with Crippen molar-refractivity contribution in [2.45, 2.75) is 6.92 Å². The molecule has 148 valence electrons. The van der Waals surface area contributed by atoms with Gasteiger partial charge in [0.1, 0.15) is 27.0 Å². The summed E-state index contributed by atoms with van der Waals surface area (Å²) in [4.78, 5) is 39.1. The molecular formula is C20H13N5O4S. The molecule has 5 heterocycles. The Kier molecular flexibility index (Phi) is 4.07. The summed E-state index contributed by atoms with van der Waals surface area (Å²) < 4.78 is 5.80. The lowest BCUT2D eigenvalue weighted by Gasteiger charge is -2.27. The SMILES string of the molecule is Cc1ncccc1Oc1ccc(N2C(=O)Nc3c(C(=O)O)sc4nccc2c34)nc1. The van der Waals surface area contributed by atoms with Crippen molar-refractivity contribution in [3.05, 3.63) is 59.5 Å². The Morgan fingerprint density at radius 1 is 1.17 bits per heavy atom. The first kappa shape index (κ1) is 18.0. The molecular weight excluding hydrogens is 406 g/mol. The Bertz CT molecular complexity index is 1320. The lowest BCUT2D eigenvalue weighted by Crippen LogP contribution is -2.34. The van der Waals surface area contributed by atoms with E-state index in [1.54, 1.807) is 36.5 Å². The van der Waals surface area contributed by atoms with Gasteiger partial charge in [-0.3, -0.25) is 4.98 Å². The van der Waals surface area contributed by atoms with Crippen LogP contribution in [0.2, 0.25) is 0 Å². The number of aryl methyl sites for hydroxylation is 1. The molecule has 5 rings (SSSR count). The van der Waals surface area contributed by atoms with Crippen LogP contribution in [0.25, 0.3) is 10.2 Å². The fourth-order valence-corrected chi connectivity index (χ4v) is 4.19. The molecule has 0 bridgehead atoms. The minimum Gasteiger partial charge on any atom is -0.477 e. The molecule has 0 spiro atoms. The van der Waals surface area contributed by atoms with E-state index in [9.17, 15) is 14.7 Å². The maximum absolute atomic E-state index is 12.8. The molecule has 0 atom stereocenters. The quantitative estimate of drug-likeness (QED) is 0.497. The molecule has 0 unspecified atom stereocenters. The van der Waals surface area contributed by atoms with E-state index in [4.69, 9.17) is 4.74 Å². The normalized spacial score (nSPS) is 12.7. The number of hydrogen-bond acceptors (Lipinski definition) is 7. The van der Waals surface area contributed by atoms with E-state index < -0.39 is 12.0 Å². The van der Waals surface area contributed by atoms with E-state index in [1.165, 1.54) is 17.3 Å². The Morgan fingerprint density at radius 3 is 2.77 bits per heavy atom. The molecule has 4 aromatic heterocycles. The number of amides is 2. The highest BCUT2D eigenvalue weighted by molar-refractivity contribution is 7.21. The smallest absolute Gasteiger partial charge is 0.348 e. The lowest BCUT2D eigenvalue weighted by molar-refractivity contribution is 0.0703. The molecule has 30 heavy (non-hydrogen) atoms. The molecule has 2 N–H and O–H groups in total. The van der Waals surface area contributed by atoms with E-state index in [-0.39, 0.29) is 10.6 Å². The van der Waals surface area contributed by atoms with Crippen LogP contribution in [0.1, 0.15) is 15.4 Å². The van der Waals surface area contributed by atoms with Crippen LogP contribution in [0, 0.1) is 6.92 Å². The van der Waals surface area contributed by atoms with Gasteiger partial charge in [0.2, 0.25) is 0 Å². The van der Waals surface area contributed by atoms with Gasteiger partial charge in [0, 0.05) is 12.4 Å². The number of carbonyl (C=O) groups is 2. The molecule has 0 aliphatic carbocycles. The third kappa shape index (κ3) is 2.81. The summed E-state index contributed by atoms with van der Waals surface area (Å²) in [5, 5.41) is 12.7. The predicted octanol–water partition coefficient (Wildman–Crippen LogP) is 4.57. The van der Waals surface area contributed by atoms with Gasteiger partial charge < -0.3 is 15.2 Å². The molecule has 0 fully saturated rings. The summed E-state index contributed by atoms with van der Waals surface area (Å²) >= 11 is 1.02. The van der Waals surface area contributed by atoms with Gasteiger partial charge in [-0.1, -0.05) is 0 Å². The summed E-state index contributed by atoms with van der Waals surface area (Å²) in [6.07, 6.45) is 4.74. The molecule has 0 aromatic carbocycles. The van der Waals surface area contributed by atoms with Crippen LogP contribution in [0.3, 0.4) is 0 Å². The molecule has 4 aromatic rings. The van der Waals surface area contributed by atoms with Gasteiger partial charge in [-0.05, 0) is 37.3 Å². The predicted molar refractivity (Wildman–Crippen MR) is 111 cm³/mol. The van der Waals surface area contributed by atoms with Crippen molar-refractivity contribution >= 4 is 50.7 Å². The highest BCUT2D eigenvalue weighted by Crippen LogP contribution is 2.45. The number of carboxylic acids is 1. The van der Waals surface area contributed by atoms with E-state index in [2.05, 4.69) is 20.3 Å². The topological polar surface area (TPSA) is 118 Å². The molecule has 9 nitrogen and oxygen atoms in total. The second-order valence-electron chi connectivity index (χ2n) is 6.43. The molecule has 2 amide bonds.